The summed E-state index contributed by atoms with van der Waals surface area (Å²) in [7, 11) is 1.43. The number of rotatable bonds is 12. The standard InChI is InChI=1S/C16H26Cl2O7.C3H5ClO/c1-10(2)13(19)23-7-16(6-22-5,8-24-14(20)11(3)17)9-25-15(21)12(4)18;1-3(4)2-5/h10-12H,6-9H2,1-5H3;2-3H,1H3. The van der Waals surface area contributed by atoms with E-state index < -0.39 is 34.1 Å². The number of carbonyl (C=O) groups excluding carboxylic acids is 4. The lowest BCUT2D eigenvalue weighted by Crippen LogP contribution is -2.44. The van der Waals surface area contributed by atoms with Crippen LogP contribution in [0.3, 0.4) is 0 Å². The van der Waals surface area contributed by atoms with Gasteiger partial charge >= 0.3 is 17.9 Å². The molecule has 0 aliphatic heterocycles. The number of methoxy groups -OCH3 is 1. The fourth-order valence-corrected chi connectivity index (χ4v) is 1.75. The monoisotopic (exact) mass is 492 g/mol. The van der Waals surface area contributed by atoms with Crippen LogP contribution >= 0.6 is 34.8 Å². The van der Waals surface area contributed by atoms with E-state index >= 15 is 0 Å². The van der Waals surface area contributed by atoms with Crippen molar-refractivity contribution in [1.82, 2.24) is 0 Å². The lowest BCUT2D eigenvalue weighted by molar-refractivity contribution is -0.167. The molecule has 0 saturated carbocycles. The number of carbonyl (C=O) groups is 4. The van der Waals surface area contributed by atoms with Gasteiger partial charge in [0.05, 0.1) is 23.3 Å². The summed E-state index contributed by atoms with van der Waals surface area (Å²) in [6.07, 6.45) is 0.682. The molecule has 8 nitrogen and oxygen atoms in total. The number of halogens is 3. The van der Waals surface area contributed by atoms with E-state index in [1.54, 1.807) is 20.8 Å². The summed E-state index contributed by atoms with van der Waals surface area (Å²) in [5.41, 5.74) is -1.07. The number of esters is 3. The molecule has 0 aromatic heterocycles. The Balaban J connectivity index is 0. The summed E-state index contributed by atoms with van der Waals surface area (Å²) < 4.78 is 20.7. The predicted molar refractivity (Wildman–Crippen MR) is 114 cm³/mol. The molecule has 30 heavy (non-hydrogen) atoms. The Labute approximate surface area is 192 Å². The van der Waals surface area contributed by atoms with E-state index in [1.807, 2.05) is 0 Å². The van der Waals surface area contributed by atoms with E-state index in [-0.39, 0.29) is 37.7 Å². The van der Waals surface area contributed by atoms with Crippen LogP contribution in [0.5, 0.6) is 0 Å². The number of hydrogen-bond acceptors (Lipinski definition) is 8. The highest BCUT2D eigenvalue weighted by atomic mass is 35.5. The van der Waals surface area contributed by atoms with E-state index in [0.717, 1.165) is 0 Å². The van der Waals surface area contributed by atoms with Crippen molar-refractivity contribution in [2.75, 3.05) is 33.5 Å². The zero-order valence-electron chi connectivity index (χ0n) is 18.1. The molecule has 3 unspecified atom stereocenters. The van der Waals surface area contributed by atoms with Gasteiger partial charge in [0.25, 0.3) is 0 Å². The van der Waals surface area contributed by atoms with E-state index in [4.69, 9.17) is 53.8 Å². The average Bonchev–Trinajstić information content (AvgIpc) is 2.68. The molecule has 11 heteroatoms. The molecule has 0 aliphatic rings. The SMILES string of the molecule is CC(Cl)C=O.COCC(COC(=O)C(C)C)(COC(=O)C(C)Cl)COC(=O)C(C)Cl. The van der Waals surface area contributed by atoms with Crippen molar-refractivity contribution in [3.05, 3.63) is 0 Å². The molecule has 0 heterocycles. The normalized spacial score (nSPS) is 15.5. The van der Waals surface area contributed by atoms with Crippen molar-refractivity contribution in [2.45, 2.75) is 50.7 Å². The highest BCUT2D eigenvalue weighted by molar-refractivity contribution is 6.29. The van der Waals surface area contributed by atoms with Crippen LogP contribution < -0.4 is 0 Å². The molecule has 0 saturated heterocycles. The van der Waals surface area contributed by atoms with Gasteiger partial charge < -0.3 is 23.7 Å². The lowest BCUT2D eigenvalue weighted by Gasteiger charge is -2.32. The highest BCUT2D eigenvalue weighted by Crippen LogP contribution is 2.22. The van der Waals surface area contributed by atoms with Gasteiger partial charge in [-0.05, 0) is 20.8 Å². The van der Waals surface area contributed by atoms with E-state index in [2.05, 4.69) is 0 Å². The molecule has 0 aromatic carbocycles. The molecule has 3 atom stereocenters. The van der Waals surface area contributed by atoms with Crippen molar-refractivity contribution in [1.29, 1.82) is 0 Å². The van der Waals surface area contributed by atoms with E-state index in [0.29, 0.717) is 6.29 Å². The largest absolute Gasteiger partial charge is 0.465 e. The third-order valence-corrected chi connectivity index (χ3v) is 3.78. The Hall–Kier alpha value is -1.09. The molecule has 0 N–H and O–H groups in total. The van der Waals surface area contributed by atoms with Crippen LogP contribution in [0.2, 0.25) is 0 Å². The van der Waals surface area contributed by atoms with Gasteiger partial charge in [-0.2, -0.15) is 0 Å². The minimum Gasteiger partial charge on any atom is -0.465 e. The number of alkyl halides is 3. The van der Waals surface area contributed by atoms with E-state index in [9.17, 15) is 19.2 Å². The maximum absolute atomic E-state index is 11.8. The topological polar surface area (TPSA) is 105 Å². The zero-order chi connectivity index (χ0) is 23.9. The second kappa shape index (κ2) is 16.6. The molecule has 176 valence electrons. The molecule has 0 bridgehead atoms. The first-order valence-corrected chi connectivity index (χ1v) is 10.5. The van der Waals surface area contributed by atoms with Crippen molar-refractivity contribution < 1.29 is 38.1 Å². The van der Waals surface area contributed by atoms with Gasteiger partial charge in [0.15, 0.2) is 0 Å². The number of ether oxygens (including phenoxy) is 4. The molecule has 0 aliphatic carbocycles. The van der Waals surface area contributed by atoms with Gasteiger partial charge in [-0.25, -0.2) is 0 Å². The van der Waals surface area contributed by atoms with Gasteiger partial charge in [0, 0.05) is 7.11 Å². The first-order chi connectivity index (χ1) is 13.8. The second-order valence-electron chi connectivity index (χ2n) is 6.96. The fourth-order valence-electron chi connectivity index (χ4n) is 1.63. The molecule has 0 fully saturated rings. The molecule has 0 aromatic rings. The molecule has 0 spiro atoms. The molecule has 0 rings (SSSR count). The zero-order valence-corrected chi connectivity index (χ0v) is 20.4. The van der Waals surface area contributed by atoms with Crippen LogP contribution in [0, 0.1) is 11.3 Å². The molecular formula is C19H31Cl3O8. The number of hydrogen-bond donors (Lipinski definition) is 0. The van der Waals surface area contributed by atoms with Crippen LogP contribution in [-0.2, 0) is 38.1 Å². The maximum atomic E-state index is 11.8. The highest BCUT2D eigenvalue weighted by Gasteiger charge is 2.37. The second-order valence-corrected chi connectivity index (χ2v) is 8.95. The third-order valence-electron chi connectivity index (χ3n) is 3.32. The Bertz CT molecular complexity index is 476. The Kier molecular flexibility index (Phi) is 17.2. The van der Waals surface area contributed by atoms with Gasteiger partial charge in [-0.1, -0.05) is 13.8 Å². The summed E-state index contributed by atoms with van der Waals surface area (Å²) in [5, 5.41) is -2.01. The summed E-state index contributed by atoms with van der Waals surface area (Å²) in [6.45, 7) is 7.38. The van der Waals surface area contributed by atoms with Crippen molar-refractivity contribution >= 4 is 59.0 Å². The Morgan fingerprint density at radius 1 is 0.767 bits per heavy atom. The third kappa shape index (κ3) is 14.8. The predicted octanol–water partition coefficient (Wildman–Crippen LogP) is 2.97. The minimum absolute atomic E-state index is 0.0201. The molecule has 0 amide bonds. The van der Waals surface area contributed by atoms with Crippen molar-refractivity contribution in [3.63, 3.8) is 0 Å². The molecule has 0 radical (unpaired) electrons. The van der Waals surface area contributed by atoms with Gasteiger partial charge in [-0.15, -0.1) is 34.8 Å². The smallest absolute Gasteiger partial charge is 0.323 e. The summed E-state index contributed by atoms with van der Waals surface area (Å²) in [5.74, 6) is -2.06. The van der Waals surface area contributed by atoms with Gasteiger partial charge in [0.2, 0.25) is 0 Å². The Morgan fingerprint density at radius 2 is 1.10 bits per heavy atom. The Morgan fingerprint density at radius 3 is 1.33 bits per heavy atom. The summed E-state index contributed by atoms with van der Waals surface area (Å²) in [6, 6.07) is 0. The fraction of sp³-hybridized carbons (Fsp3) is 0.789. The molecular weight excluding hydrogens is 463 g/mol. The lowest BCUT2D eigenvalue weighted by atomic mass is 9.92. The van der Waals surface area contributed by atoms with Crippen LogP contribution in [0.4, 0.5) is 0 Å². The first kappa shape index (κ1) is 31.1. The average molecular weight is 494 g/mol. The van der Waals surface area contributed by atoms with Gasteiger partial charge in [-0.3, -0.25) is 14.4 Å². The van der Waals surface area contributed by atoms with Gasteiger partial charge in [0.1, 0.15) is 36.9 Å². The van der Waals surface area contributed by atoms with Crippen molar-refractivity contribution in [2.24, 2.45) is 11.3 Å². The van der Waals surface area contributed by atoms with E-state index in [1.165, 1.54) is 21.0 Å². The van der Waals surface area contributed by atoms with Crippen molar-refractivity contribution in [3.8, 4) is 0 Å². The first-order valence-electron chi connectivity index (χ1n) is 9.18. The maximum Gasteiger partial charge on any atom is 0.323 e. The van der Waals surface area contributed by atoms with Crippen LogP contribution in [0.15, 0.2) is 0 Å². The van der Waals surface area contributed by atoms with Crippen LogP contribution in [0.25, 0.3) is 0 Å². The summed E-state index contributed by atoms with van der Waals surface area (Å²) in [4.78, 5) is 44.4. The number of aldehydes is 1. The summed E-state index contributed by atoms with van der Waals surface area (Å²) >= 11 is 16.5. The minimum atomic E-state index is -1.07. The van der Waals surface area contributed by atoms with Crippen LogP contribution in [-0.4, -0.2) is 73.9 Å². The quantitative estimate of drug-likeness (QED) is 0.177. The van der Waals surface area contributed by atoms with Crippen LogP contribution in [0.1, 0.15) is 34.6 Å².